The number of rotatable bonds is 5. The van der Waals surface area contributed by atoms with Gasteiger partial charge in [0, 0.05) is 18.7 Å². The van der Waals surface area contributed by atoms with E-state index >= 15 is 0 Å². The number of nitrogens with zero attached hydrogens (tertiary/aromatic N) is 1. The van der Waals surface area contributed by atoms with Crippen LogP contribution in [0.5, 0.6) is 0 Å². The fraction of sp³-hybridized carbons (Fsp3) is 0.316. The van der Waals surface area contributed by atoms with Crippen molar-refractivity contribution in [2.75, 3.05) is 13.2 Å². The molecule has 0 unspecified atom stereocenters. The van der Waals surface area contributed by atoms with Crippen LogP contribution in [0.25, 0.3) is 10.2 Å². The van der Waals surface area contributed by atoms with Gasteiger partial charge in [0.05, 0.1) is 18.2 Å². The summed E-state index contributed by atoms with van der Waals surface area (Å²) in [5, 5.41) is 4.77. The number of amides is 1. The van der Waals surface area contributed by atoms with Gasteiger partial charge in [-0.25, -0.2) is 0 Å². The molecule has 1 aliphatic rings. The highest BCUT2D eigenvalue weighted by Crippen LogP contribution is 2.15. The van der Waals surface area contributed by atoms with Crippen LogP contribution in [0.2, 0.25) is 0 Å². The van der Waals surface area contributed by atoms with Crippen molar-refractivity contribution in [3.8, 4) is 0 Å². The van der Waals surface area contributed by atoms with Gasteiger partial charge in [-0.1, -0.05) is 12.1 Å². The SMILES string of the molecule is O=C(NC[C@@H]1CCCO1)c1ccc(Cn2c(=S)[nH]c3ccsc3c2=O)cc1. The standard InChI is InChI=1S/C19H19N3O3S2/c23-17(20-10-14-2-1-8-25-14)13-5-3-12(4-6-13)11-22-18(24)16-15(7-9-27-16)21-19(22)26/h3-7,9,14H,1-2,8,10-11H2,(H,20,23)(H,21,26)/t14-/m0/s1. The lowest BCUT2D eigenvalue weighted by Crippen LogP contribution is -2.31. The first-order valence-electron chi connectivity index (χ1n) is 8.81. The quantitative estimate of drug-likeness (QED) is 0.644. The van der Waals surface area contributed by atoms with Gasteiger partial charge >= 0.3 is 0 Å². The second-order valence-electron chi connectivity index (χ2n) is 6.53. The molecule has 1 aromatic carbocycles. The molecule has 0 radical (unpaired) electrons. The van der Waals surface area contributed by atoms with E-state index < -0.39 is 0 Å². The second kappa shape index (κ2) is 7.75. The number of hydrogen-bond donors (Lipinski definition) is 2. The summed E-state index contributed by atoms with van der Waals surface area (Å²) in [4.78, 5) is 28.0. The number of H-pyrrole nitrogens is 1. The number of thiophene rings is 1. The minimum Gasteiger partial charge on any atom is -0.376 e. The zero-order chi connectivity index (χ0) is 18.8. The van der Waals surface area contributed by atoms with Gasteiger partial charge in [0.2, 0.25) is 0 Å². The molecule has 0 saturated carbocycles. The Balaban J connectivity index is 1.47. The molecule has 1 amide bonds. The molecule has 8 heteroatoms. The molecule has 6 nitrogen and oxygen atoms in total. The summed E-state index contributed by atoms with van der Waals surface area (Å²) in [5.74, 6) is -0.119. The van der Waals surface area contributed by atoms with Crippen molar-refractivity contribution < 1.29 is 9.53 Å². The summed E-state index contributed by atoms with van der Waals surface area (Å²) < 4.78 is 8.11. The van der Waals surface area contributed by atoms with E-state index in [2.05, 4.69) is 10.3 Å². The van der Waals surface area contributed by atoms with Crippen LogP contribution in [-0.4, -0.2) is 34.7 Å². The second-order valence-corrected chi connectivity index (χ2v) is 7.83. The monoisotopic (exact) mass is 401 g/mol. The predicted octanol–water partition coefficient (Wildman–Crippen LogP) is 3.08. The Kier molecular flexibility index (Phi) is 5.20. The Morgan fingerprint density at radius 3 is 2.89 bits per heavy atom. The number of benzene rings is 1. The Hall–Kier alpha value is -2.29. The number of ether oxygens (including phenoxy) is 1. The zero-order valence-corrected chi connectivity index (χ0v) is 16.2. The van der Waals surface area contributed by atoms with E-state index in [1.807, 2.05) is 23.6 Å². The van der Waals surface area contributed by atoms with E-state index in [1.54, 1.807) is 16.7 Å². The van der Waals surface area contributed by atoms with Crippen LogP contribution in [0, 0.1) is 4.77 Å². The normalized spacial score (nSPS) is 16.7. The number of nitrogens with one attached hydrogen (secondary N) is 2. The maximum Gasteiger partial charge on any atom is 0.272 e. The van der Waals surface area contributed by atoms with Gasteiger partial charge < -0.3 is 15.0 Å². The Morgan fingerprint density at radius 2 is 2.15 bits per heavy atom. The molecule has 0 spiro atoms. The number of aromatic nitrogens is 2. The molecule has 3 heterocycles. The molecule has 1 aliphatic heterocycles. The molecule has 27 heavy (non-hydrogen) atoms. The Morgan fingerprint density at radius 1 is 1.33 bits per heavy atom. The Bertz CT molecular complexity index is 1080. The van der Waals surface area contributed by atoms with Gasteiger partial charge in [-0.3, -0.25) is 14.2 Å². The maximum absolute atomic E-state index is 12.6. The lowest BCUT2D eigenvalue weighted by molar-refractivity contribution is 0.0858. The van der Waals surface area contributed by atoms with Gasteiger partial charge in [-0.2, -0.15) is 0 Å². The molecular weight excluding hydrogens is 382 g/mol. The van der Waals surface area contributed by atoms with Gasteiger partial charge in [0.1, 0.15) is 4.70 Å². The van der Waals surface area contributed by atoms with Crippen molar-refractivity contribution in [3.05, 3.63) is 62.0 Å². The van der Waals surface area contributed by atoms with Crippen molar-refractivity contribution >= 4 is 39.7 Å². The maximum atomic E-state index is 12.6. The lowest BCUT2D eigenvalue weighted by atomic mass is 10.1. The fourth-order valence-electron chi connectivity index (χ4n) is 3.17. The van der Waals surface area contributed by atoms with Gasteiger partial charge in [-0.15, -0.1) is 11.3 Å². The highest BCUT2D eigenvalue weighted by atomic mass is 32.1. The highest BCUT2D eigenvalue weighted by molar-refractivity contribution is 7.71. The third-order valence-electron chi connectivity index (χ3n) is 4.66. The van der Waals surface area contributed by atoms with Crippen LogP contribution in [0.4, 0.5) is 0 Å². The third kappa shape index (κ3) is 3.87. The van der Waals surface area contributed by atoms with Crippen molar-refractivity contribution in [2.24, 2.45) is 0 Å². The van der Waals surface area contributed by atoms with Crippen LogP contribution in [-0.2, 0) is 11.3 Å². The number of hydrogen-bond acceptors (Lipinski definition) is 5. The van der Waals surface area contributed by atoms with Gasteiger partial charge in [0.15, 0.2) is 4.77 Å². The average Bonchev–Trinajstić information content (AvgIpc) is 3.35. The fourth-order valence-corrected chi connectivity index (χ4v) is 4.23. The van der Waals surface area contributed by atoms with Gasteiger partial charge in [-0.05, 0) is 54.2 Å². The first-order chi connectivity index (χ1) is 13.1. The largest absolute Gasteiger partial charge is 0.376 e. The van der Waals surface area contributed by atoms with E-state index in [9.17, 15) is 9.59 Å². The smallest absolute Gasteiger partial charge is 0.272 e. The van der Waals surface area contributed by atoms with E-state index in [-0.39, 0.29) is 17.6 Å². The van der Waals surface area contributed by atoms with Crippen LogP contribution < -0.4 is 10.9 Å². The van der Waals surface area contributed by atoms with Crippen LogP contribution >= 0.6 is 23.6 Å². The first kappa shape index (κ1) is 18.1. The van der Waals surface area contributed by atoms with Gasteiger partial charge in [0.25, 0.3) is 11.5 Å². The topological polar surface area (TPSA) is 76.1 Å². The number of fused-ring (bicyclic) bond motifs is 1. The van der Waals surface area contributed by atoms with Crippen molar-refractivity contribution in [1.29, 1.82) is 0 Å². The molecule has 0 bridgehead atoms. The molecule has 3 aromatic rings. The van der Waals surface area contributed by atoms with Crippen molar-refractivity contribution in [2.45, 2.75) is 25.5 Å². The lowest BCUT2D eigenvalue weighted by Gasteiger charge is -2.11. The molecule has 2 aromatic heterocycles. The molecule has 140 valence electrons. The number of carbonyl (C=O) groups excluding carboxylic acids is 1. The summed E-state index contributed by atoms with van der Waals surface area (Å²) in [6.45, 7) is 1.67. The number of carbonyl (C=O) groups is 1. The molecule has 0 aliphatic carbocycles. The minimum atomic E-state index is -0.119. The minimum absolute atomic E-state index is 0.0952. The van der Waals surface area contributed by atoms with E-state index in [1.165, 1.54) is 11.3 Å². The molecule has 1 saturated heterocycles. The summed E-state index contributed by atoms with van der Waals surface area (Å²) in [6, 6.07) is 9.08. The van der Waals surface area contributed by atoms with E-state index in [0.29, 0.717) is 28.1 Å². The summed E-state index contributed by atoms with van der Waals surface area (Å²) >= 11 is 6.72. The van der Waals surface area contributed by atoms with Crippen LogP contribution in [0.3, 0.4) is 0 Å². The molecule has 1 fully saturated rings. The summed E-state index contributed by atoms with van der Waals surface area (Å²) in [5.41, 5.74) is 2.16. The predicted molar refractivity (Wildman–Crippen MR) is 108 cm³/mol. The zero-order valence-electron chi connectivity index (χ0n) is 14.6. The molecule has 2 N–H and O–H groups in total. The summed E-state index contributed by atoms with van der Waals surface area (Å²) in [6.07, 6.45) is 2.16. The number of aromatic amines is 1. The first-order valence-corrected chi connectivity index (χ1v) is 10.1. The van der Waals surface area contributed by atoms with Crippen LogP contribution in [0.15, 0.2) is 40.5 Å². The molecule has 4 rings (SSSR count). The third-order valence-corrected chi connectivity index (χ3v) is 5.89. The van der Waals surface area contributed by atoms with Crippen LogP contribution in [0.1, 0.15) is 28.8 Å². The summed E-state index contributed by atoms with van der Waals surface area (Å²) in [7, 11) is 0. The molecule has 1 atom stereocenters. The Labute approximate surface area is 164 Å². The van der Waals surface area contributed by atoms with Crippen molar-refractivity contribution in [3.63, 3.8) is 0 Å². The average molecular weight is 402 g/mol. The van der Waals surface area contributed by atoms with Crippen molar-refractivity contribution in [1.82, 2.24) is 14.9 Å². The van der Waals surface area contributed by atoms with E-state index in [4.69, 9.17) is 17.0 Å². The molecular formula is C19H19N3O3S2. The highest BCUT2D eigenvalue weighted by Gasteiger charge is 2.16. The van der Waals surface area contributed by atoms with E-state index in [0.717, 1.165) is 30.5 Å².